The monoisotopic (exact) mass is 577 g/mol. The van der Waals surface area contributed by atoms with Gasteiger partial charge >= 0.3 is 12.1 Å². The summed E-state index contributed by atoms with van der Waals surface area (Å²) in [6.45, 7) is 2.63. The Morgan fingerprint density at radius 3 is 2.83 bits per heavy atom. The van der Waals surface area contributed by atoms with E-state index in [2.05, 4.69) is 38.0 Å². The van der Waals surface area contributed by atoms with Gasteiger partial charge in [0.05, 0.1) is 11.8 Å². The number of anilines is 1. The number of aryl methyl sites for hydroxylation is 1. The summed E-state index contributed by atoms with van der Waals surface area (Å²) in [5, 5.41) is 11.4. The highest BCUT2D eigenvalue weighted by atomic mass is 19.4. The van der Waals surface area contributed by atoms with Crippen molar-refractivity contribution in [2.75, 3.05) is 31.7 Å². The summed E-state index contributed by atoms with van der Waals surface area (Å²) in [5.74, 6) is 5.10. The SMILES string of the molecule is Cc1ccc(C(=O)Nc2ccc(CNCCN3CC(=O)OCN3)c(C(F)(F)F)c2)cc1C#Cc1cnc2cccnn12. The first-order valence-electron chi connectivity index (χ1n) is 12.9. The van der Waals surface area contributed by atoms with Crippen molar-refractivity contribution in [3.63, 3.8) is 0 Å². The predicted octanol–water partition coefficient (Wildman–Crippen LogP) is 3.12. The summed E-state index contributed by atoms with van der Waals surface area (Å²) in [4.78, 5) is 28.6. The zero-order valence-corrected chi connectivity index (χ0v) is 22.5. The third kappa shape index (κ3) is 6.92. The van der Waals surface area contributed by atoms with Gasteiger partial charge in [-0.05, 0) is 60.4 Å². The first-order chi connectivity index (χ1) is 20.2. The van der Waals surface area contributed by atoms with Crippen LogP contribution in [0.5, 0.6) is 0 Å². The minimum absolute atomic E-state index is 0.0112. The number of nitrogens with zero attached hydrogens (tertiary/aromatic N) is 4. The van der Waals surface area contributed by atoms with Gasteiger partial charge in [-0.15, -0.1) is 0 Å². The van der Waals surface area contributed by atoms with Gasteiger partial charge < -0.3 is 15.4 Å². The number of alkyl halides is 3. The fraction of sp³-hybridized carbons (Fsp3) is 0.241. The van der Waals surface area contributed by atoms with Crippen LogP contribution in [0.25, 0.3) is 5.65 Å². The number of carbonyl (C=O) groups excluding carboxylic acids is 2. The number of fused-ring (bicyclic) bond motifs is 1. The maximum absolute atomic E-state index is 13.9. The Hall–Kier alpha value is -4.77. The molecule has 1 saturated heterocycles. The normalized spacial score (nSPS) is 13.9. The van der Waals surface area contributed by atoms with Crippen molar-refractivity contribution >= 4 is 23.2 Å². The topological polar surface area (TPSA) is 113 Å². The number of imidazole rings is 1. The smallest absolute Gasteiger partial charge is 0.416 e. The van der Waals surface area contributed by atoms with Gasteiger partial charge in [-0.3, -0.25) is 9.59 Å². The molecule has 0 spiro atoms. The standard InChI is InChI=1S/C29H26F3N7O3/c1-19-4-5-21(13-20(19)7-9-24-16-34-26-3-2-10-35-39(24)26)28(41)37-23-8-6-22(25(14-23)29(30,31)32)15-33-11-12-38-17-27(40)42-18-36-38/h2-6,8,10,13-14,16,33,36H,11-12,15,17-18H2,1H3,(H,37,41). The second kappa shape index (κ2) is 12.4. The van der Waals surface area contributed by atoms with Crippen LogP contribution in [0.3, 0.4) is 0 Å². The lowest BCUT2D eigenvalue weighted by molar-refractivity contribution is -0.156. The lowest BCUT2D eigenvalue weighted by Gasteiger charge is -2.26. The molecule has 0 unspecified atom stereocenters. The summed E-state index contributed by atoms with van der Waals surface area (Å²) in [6, 6.07) is 12.2. The number of hydrazine groups is 1. The molecule has 1 amide bonds. The number of rotatable bonds is 7. The number of amides is 1. The van der Waals surface area contributed by atoms with E-state index in [1.54, 1.807) is 52.2 Å². The van der Waals surface area contributed by atoms with Crippen molar-refractivity contribution in [2.45, 2.75) is 19.6 Å². The van der Waals surface area contributed by atoms with Crippen LogP contribution in [0.1, 0.15) is 38.3 Å². The molecule has 4 aromatic rings. The van der Waals surface area contributed by atoms with Gasteiger partial charge in [0.1, 0.15) is 12.2 Å². The largest absolute Gasteiger partial charge is 0.447 e. The molecule has 1 aliphatic rings. The summed E-state index contributed by atoms with van der Waals surface area (Å²) in [7, 11) is 0. The number of carbonyl (C=O) groups is 2. The van der Waals surface area contributed by atoms with Crippen LogP contribution < -0.4 is 16.1 Å². The maximum Gasteiger partial charge on any atom is 0.416 e. The third-order valence-corrected chi connectivity index (χ3v) is 6.49. The third-order valence-electron chi connectivity index (χ3n) is 6.49. The summed E-state index contributed by atoms with van der Waals surface area (Å²) in [5.41, 5.74) is 4.93. The molecule has 1 fully saturated rings. The number of hydrogen-bond acceptors (Lipinski definition) is 8. The van der Waals surface area contributed by atoms with Crippen LogP contribution >= 0.6 is 0 Å². The van der Waals surface area contributed by atoms with E-state index in [0.29, 0.717) is 30.0 Å². The van der Waals surface area contributed by atoms with E-state index in [4.69, 9.17) is 4.74 Å². The van der Waals surface area contributed by atoms with Crippen LogP contribution in [0.2, 0.25) is 0 Å². The molecule has 2 aromatic heterocycles. The second-order valence-electron chi connectivity index (χ2n) is 9.46. The summed E-state index contributed by atoms with van der Waals surface area (Å²) in [6.07, 6.45) is -1.41. The van der Waals surface area contributed by atoms with Crippen LogP contribution in [-0.2, 0) is 22.3 Å². The lowest BCUT2D eigenvalue weighted by atomic mass is 10.0. The quantitative estimate of drug-likeness (QED) is 0.175. The minimum Gasteiger partial charge on any atom is -0.447 e. The minimum atomic E-state index is -4.63. The molecule has 1 aliphatic heterocycles. The number of esters is 1. The van der Waals surface area contributed by atoms with E-state index in [1.165, 1.54) is 12.1 Å². The fourth-order valence-corrected chi connectivity index (χ4v) is 4.28. The van der Waals surface area contributed by atoms with E-state index < -0.39 is 17.6 Å². The Bertz CT molecular complexity index is 1690. The van der Waals surface area contributed by atoms with Gasteiger partial charge in [0.15, 0.2) is 12.4 Å². The van der Waals surface area contributed by atoms with Gasteiger partial charge in [-0.25, -0.2) is 19.9 Å². The summed E-state index contributed by atoms with van der Waals surface area (Å²) < 4.78 is 48.0. The van der Waals surface area contributed by atoms with Crippen molar-refractivity contribution in [1.82, 2.24) is 30.3 Å². The second-order valence-corrected chi connectivity index (χ2v) is 9.46. The Morgan fingerprint density at radius 1 is 1.17 bits per heavy atom. The summed E-state index contributed by atoms with van der Waals surface area (Å²) >= 11 is 0. The van der Waals surface area contributed by atoms with Crippen molar-refractivity contribution in [3.8, 4) is 11.8 Å². The highest BCUT2D eigenvalue weighted by Crippen LogP contribution is 2.34. The van der Waals surface area contributed by atoms with Crippen LogP contribution in [-0.4, -0.2) is 57.8 Å². The molecule has 0 saturated carbocycles. The maximum atomic E-state index is 13.9. The van der Waals surface area contributed by atoms with E-state index in [9.17, 15) is 22.8 Å². The van der Waals surface area contributed by atoms with Gasteiger partial charge in [0, 0.05) is 42.6 Å². The molecule has 0 radical (unpaired) electrons. The van der Waals surface area contributed by atoms with Crippen molar-refractivity contribution in [1.29, 1.82) is 0 Å². The van der Waals surface area contributed by atoms with E-state index >= 15 is 0 Å². The van der Waals surface area contributed by atoms with Crippen molar-refractivity contribution in [2.24, 2.45) is 0 Å². The fourth-order valence-electron chi connectivity index (χ4n) is 4.28. The van der Waals surface area contributed by atoms with Crippen LogP contribution in [0, 0.1) is 18.8 Å². The highest BCUT2D eigenvalue weighted by Gasteiger charge is 2.33. The average molecular weight is 578 g/mol. The van der Waals surface area contributed by atoms with Crippen molar-refractivity contribution in [3.05, 3.63) is 94.4 Å². The molecule has 2 aromatic carbocycles. The molecule has 5 rings (SSSR count). The number of cyclic esters (lactones) is 1. The predicted molar refractivity (Wildman–Crippen MR) is 147 cm³/mol. The molecule has 3 heterocycles. The number of hydrogen-bond donors (Lipinski definition) is 3. The molecule has 42 heavy (non-hydrogen) atoms. The highest BCUT2D eigenvalue weighted by molar-refractivity contribution is 6.04. The lowest BCUT2D eigenvalue weighted by Crippen LogP contribution is -2.50. The molecule has 13 heteroatoms. The average Bonchev–Trinajstić information content (AvgIpc) is 3.38. The number of benzene rings is 2. The number of aromatic nitrogens is 3. The Labute approximate surface area is 238 Å². The van der Waals surface area contributed by atoms with Gasteiger partial charge in [-0.1, -0.05) is 18.1 Å². The van der Waals surface area contributed by atoms with Crippen LogP contribution in [0.4, 0.5) is 18.9 Å². The zero-order valence-electron chi connectivity index (χ0n) is 22.5. The number of halogens is 3. The van der Waals surface area contributed by atoms with Gasteiger partial charge in [0.2, 0.25) is 0 Å². The first-order valence-corrected chi connectivity index (χ1v) is 12.9. The van der Waals surface area contributed by atoms with E-state index in [1.807, 2.05) is 6.92 Å². The molecular weight excluding hydrogens is 551 g/mol. The van der Waals surface area contributed by atoms with E-state index in [0.717, 1.165) is 11.6 Å². The van der Waals surface area contributed by atoms with Crippen molar-refractivity contribution < 1.29 is 27.5 Å². The molecular formula is C29H26F3N7O3. The molecule has 0 atom stereocenters. The number of nitrogens with one attached hydrogen (secondary N) is 3. The molecule has 10 nitrogen and oxygen atoms in total. The van der Waals surface area contributed by atoms with Crippen LogP contribution in [0.15, 0.2) is 60.9 Å². The number of ether oxygens (including phenoxy) is 1. The molecule has 216 valence electrons. The Morgan fingerprint density at radius 2 is 2.02 bits per heavy atom. The Kier molecular flexibility index (Phi) is 8.48. The zero-order chi connectivity index (χ0) is 29.7. The van der Waals surface area contributed by atoms with Gasteiger partial charge in [-0.2, -0.15) is 18.3 Å². The molecule has 3 N–H and O–H groups in total. The first kappa shape index (κ1) is 28.7. The Balaban J connectivity index is 1.26. The van der Waals surface area contributed by atoms with Gasteiger partial charge in [0.25, 0.3) is 5.91 Å². The molecule has 0 bridgehead atoms. The molecule has 0 aliphatic carbocycles. The van der Waals surface area contributed by atoms with E-state index in [-0.39, 0.29) is 42.6 Å².